The Morgan fingerprint density at radius 2 is 2.06 bits per heavy atom. The molecule has 2 aliphatic carbocycles. The Morgan fingerprint density at radius 3 is 2.81 bits per heavy atom. The van der Waals surface area contributed by atoms with Gasteiger partial charge in [0.2, 0.25) is 0 Å². The third-order valence-electron chi connectivity index (χ3n) is 8.73. The first-order chi connectivity index (χ1) is 15.5. The van der Waals surface area contributed by atoms with Gasteiger partial charge in [0.15, 0.2) is 0 Å². The number of carbonyl (C=O) groups excluding carboxylic acids is 1. The Kier molecular flexibility index (Phi) is 6.19. The summed E-state index contributed by atoms with van der Waals surface area (Å²) in [5, 5.41) is 14.0. The van der Waals surface area contributed by atoms with Crippen LogP contribution in [0.5, 0.6) is 0 Å². The first-order valence-corrected chi connectivity index (χ1v) is 12.9. The van der Waals surface area contributed by atoms with Gasteiger partial charge in [-0.3, -0.25) is 9.69 Å². The summed E-state index contributed by atoms with van der Waals surface area (Å²) in [5.41, 5.74) is 0.716. The molecule has 0 bridgehead atoms. The summed E-state index contributed by atoms with van der Waals surface area (Å²) in [6, 6.07) is 6.35. The van der Waals surface area contributed by atoms with Gasteiger partial charge < -0.3 is 15.3 Å². The quantitative estimate of drug-likeness (QED) is 0.710. The Bertz CT molecular complexity index is 826. The Labute approximate surface area is 192 Å². The molecule has 6 nitrogen and oxygen atoms in total. The molecule has 176 valence electrons. The number of nitrogens with zero attached hydrogens (tertiary/aromatic N) is 3. The van der Waals surface area contributed by atoms with E-state index in [0.717, 1.165) is 57.8 Å². The van der Waals surface area contributed by atoms with Crippen LogP contribution in [0.2, 0.25) is 0 Å². The second-order valence-corrected chi connectivity index (χ2v) is 11.1. The van der Waals surface area contributed by atoms with Gasteiger partial charge in [-0.15, -0.1) is 0 Å². The minimum absolute atomic E-state index is 0.0481. The zero-order valence-corrected chi connectivity index (χ0v) is 19.8. The molecule has 2 saturated heterocycles. The second kappa shape index (κ2) is 8.94. The normalized spacial score (nSPS) is 33.4. The monoisotopic (exact) mass is 440 g/mol. The van der Waals surface area contributed by atoms with Gasteiger partial charge in [0, 0.05) is 37.6 Å². The number of nitrogens with one attached hydrogen (secondary N) is 1. The van der Waals surface area contributed by atoms with Crippen LogP contribution in [0.15, 0.2) is 18.2 Å². The van der Waals surface area contributed by atoms with Gasteiger partial charge >= 0.3 is 0 Å². The third kappa shape index (κ3) is 4.54. The van der Waals surface area contributed by atoms with Crippen molar-refractivity contribution in [2.24, 2.45) is 23.2 Å². The van der Waals surface area contributed by atoms with Crippen LogP contribution in [0.4, 0.5) is 5.82 Å². The van der Waals surface area contributed by atoms with Gasteiger partial charge in [-0.1, -0.05) is 6.07 Å². The van der Waals surface area contributed by atoms with Crippen LogP contribution >= 0.6 is 0 Å². The van der Waals surface area contributed by atoms with Crippen molar-refractivity contribution in [3.05, 3.63) is 23.9 Å². The number of hydrogen-bond donors (Lipinski definition) is 2. The van der Waals surface area contributed by atoms with E-state index in [4.69, 9.17) is 4.98 Å². The van der Waals surface area contributed by atoms with Crippen LogP contribution in [0, 0.1) is 23.2 Å². The molecule has 1 aromatic heterocycles. The molecule has 0 aromatic carbocycles. The van der Waals surface area contributed by atoms with Crippen LogP contribution in [-0.2, 0) is 0 Å². The lowest BCUT2D eigenvalue weighted by Crippen LogP contribution is -2.48. The van der Waals surface area contributed by atoms with E-state index in [2.05, 4.69) is 29.0 Å². The van der Waals surface area contributed by atoms with Crippen LogP contribution < -0.4 is 10.2 Å². The summed E-state index contributed by atoms with van der Waals surface area (Å²) in [6.07, 6.45) is 8.21. The Balaban J connectivity index is 1.17. The molecule has 32 heavy (non-hydrogen) atoms. The average molecular weight is 441 g/mol. The molecule has 3 heterocycles. The van der Waals surface area contributed by atoms with Crippen molar-refractivity contribution < 1.29 is 9.90 Å². The van der Waals surface area contributed by atoms with E-state index in [1.54, 1.807) is 0 Å². The highest BCUT2D eigenvalue weighted by Gasteiger charge is 2.62. The molecule has 5 rings (SSSR count). The zero-order valence-electron chi connectivity index (χ0n) is 19.8. The number of aliphatic hydroxyl groups excluding tert-OH is 1. The molecule has 4 atom stereocenters. The molecule has 1 aromatic rings. The number of pyridine rings is 1. The number of rotatable bonds is 6. The standard InChI is InChI=1S/C26H40N4O2/c1-18(2)30-14-11-26(23(31)17-30)15-21(26)20-5-4-12-29(13-10-20)24-7-3-6-22(28-24)25(32)27-16-19-8-9-19/h3,6-7,18-21,23,31H,4-5,8-17H2,1-2H3,(H,27,32)/t20?,21?,23-,26?/m1/s1. The molecule has 4 aliphatic rings. The van der Waals surface area contributed by atoms with Crippen molar-refractivity contribution in [1.82, 2.24) is 15.2 Å². The molecule has 2 saturated carbocycles. The summed E-state index contributed by atoms with van der Waals surface area (Å²) in [6.45, 7) is 9.20. The molecule has 1 spiro atoms. The number of amides is 1. The van der Waals surface area contributed by atoms with Gasteiger partial charge in [-0.2, -0.15) is 0 Å². The van der Waals surface area contributed by atoms with Gasteiger partial charge in [0.1, 0.15) is 11.5 Å². The average Bonchev–Trinajstić information content (AvgIpc) is 3.69. The van der Waals surface area contributed by atoms with Crippen LogP contribution in [0.3, 0.4) is 0 Å². The predicted molar refractivity (Wildman–Crippen MR) is 127 cm³/mol. The maximum atomic E-state index is 12.5. The summed E-state index contributed by atoms with van der Waals surface area (Å²) >= 11 is 0. The fourth-order valence-electron chi connectivity index (χ4n) is 6.27. The third-order valence-corrected chi connectivity index (χ3v) is 8.73. The van der Waals surface area contributed by atoms with Gasteiger partial charge in [0.05, 0.1) is 6.10 Å². The summed E-state index contributed by atoms with van der Waals surface area (Å²) in [4.78, 5) is 22.0. The van der Waals surface area contributed by atoms with Crippen molar-refractivity contribution in [2.45, 2.75) is 70.9 Å². The SMILES string of the molecule is CC(C)N1CCC2(CC2C2CCCN(c3cccc(C(=O)NCC4CC4)n3)CC2)[C@H](O)C1. The number of aliphatic hydroxyl groups is 1. The van der Waals surface area contributed by atoms with E-state index in [-0.39, 0.29) is 17.4 Å². The molecule has 1 amide bonds. The minimum atomic E-state index is -0.171. The number of aromatic nitrogens is 1. The van der Waals surface area contributed by atoms with Crippen molar-refractivity contribution in [3.8, 4) is 0 Å². The lowest BCUT2D eigenvalue weighted by Gasteiger charge is -2.40. The fourth-order valence-corrected chi connectivity index (χ4v) is 6.27. The van der Waals surface area contributed by atoms with Gasteiger partial charge in [-0.25, -0.2) is 4.98 Å². The van der Waals surface area contributed by atoms with Gasteiger partial charge in [0.25, 0.3) is 5.91 Å². The number of likely N-dealkylation sites (tertiary alicyclic amines) is 1. The summed E-state index contributed by atoms with van der Waals surface area (Å²) in [5.74, 6) is 2.93. The molecular formula is C26H40N4O2. The molecule has 2 N–H and O–H groups in total. The predicted octanol–water partition coefficient (Wildman–Crippen LogP) is 3.31. The van der Waals surface area contributed by atoms with Crippen molar-refractivity contribution in [3.63, 3.8) is 0 Å². The molecule has 0 radical (unpaired) electrons. The maximum Gasteiger partial charge on any atom is 0.269 e. The van der Waals surface area contributed by atoms with E-state index >= 15 is 0 Å². The Hall–Kier alpha value is -1.66. The highest BCUT2D eigenvalue weighted by molar-refractivity contribution is 5.92. The molecule has 4 fully saturated rings. The first kappa shape index (κ1) is 22.1. The molecule has 2 aliphatic heterocycles. The zero-order chi connectivity index (χ0) is 22.3. The van der Waals surface area contributed by atoms with Crippen LogP contribution in [0.1, 0.15) is 69.3 Å². The minimum Gasteiger partial charge on any atom is -0.391 e. The Morgan fingerprint density at radius 1 is 1.22 bits per heavy atom. The molecule has 6 heteroatoms. The fraction of sp³-hybridized carbons (Fsp3) is 0.769. The van der Waals surface area contributed by atoms with E-state index in [1.807, 2.05) is 18.2 Å². The van der Waals surface area contributed by atoms with Gasteiger partial charge in [-0.05, 0) is 95.2 Å². The summed E-state index contributed by atoms with van der Waals surface area (Å²) < 4.78 is 0. The smallest absolute Gasteiger partial charge is 0.269 e. The lowest BCUT2D eigenvalue weighted by atomic mass is 9.82. The highest BCUT2D eigenvalue weighted by Crippen LogP contribution is 2.64. The van der Waals surface area contributed by atoms with Crippen molar-refractivity contribution in [1.29, 1.82) is 0 Å². The van der Waals surface area contributed by atoms with Crippen molar-refractivity contribution in [2.75, 3.05) is 37.6 Å². The number of hydrogen-bond acceptors (Lipinski definition) is 5. The van der Waals surface area contributed by atoms with Crippen LogP contribution in [-0.4, -0.2) is 65.8 Å². The lowest BCUT2D eigenvalue weighted by molar-refractivity contribution is -0.0149. The number of anilines is 1. The van der Waals surface area contributed by atoms with Crippen LogP contribution in [0.25, 0.3) is 0 Å². The topological polar surface area (TPSA) is 68.7 Å². The van der Waals surface area contributed by atoms with Crippen molar-refractivity contribution >= 4 is 11.7 Å². The highest BCUT2D eigenvalue weighted by atomic mass is 16.3. The van der Waals surface area contributed by atoms with E-state index in [9.17, 15) is 9.90 Å². The molecular weight excluding hydrogens is 400 g/mol. The first-order valence-electron chi connectivity index (χ1n) is 12.9. The number of β-amino-alcohol motifs (C(OH)–C–C–N with tert-alkyl or cyclic N) is 1. The maximum absolute atomic E-state index is 12.5. The number of piperidine rings is 1. The second-order valence-electron chi connectivity index (χ2n) is 11.1. The summed E-state index contributed by atoms with van der Waals surface area (Å²) in [7, 11) is 0. The van der Waals surface area contributed by atoms with E-state index in [1.165, 1.54) is 25.7 Å². The largest absolute Gasteiger partial charge is 0.391 e. The van der Waals surface area contributed by atoms with E-state index in [0.29, 0.717) is 29.5 Å². The molecule has 3 unspecified atom stereocenters. The van der Waals surface area contributed by atoms with E-state index < -0.39 is 0 Å². The number of carbonyl (C=O) groups is 1.